The van der Waals surface area contributed by atoms with Crippen molar-refractivity contribution >= 4 is 5.91 Å². The van der Waals surface area contributed by atoms with Crippen LogP contribution in [0.4, 0.5) is 0 Å². The zero-order valence-corrected chi connectivity index (χ0v) is 11.9. The molecule has 3 heterocycles. The van der Waals surface area contributed by atoms with E-state index in [0.717, 1.165) is 24.2 Å². The highest BCUT2D eigenvalue weighted by molar-refractivity contribution is 5.95. The SMILES string of the molecule is Cc1cccc([C@@H]2CCCN2C(=O)c2ncccc2O)n1. The van der Waals surface area contributed by atoms with E-state index in [0.29, 0.717) is 6.54 Å². The molecule has 108 valence electrons. The monoisotopic (exact) mass is 283 g/mol. The molecule has 1 aliphatic heterocycles. The van der Waals surface area contributed by atoms with Gasteiger partial charge in [-0.1, -0.05) is 6.07 Å². The zero-order valence-electron chi connectivity index (χ0n) is 11.9. The van der Waals surface area contributed by atoms with Crippen LogP contribution in [0.1, 0.15) is 40.8 Å². The van der Waals surface area contributed by atoms with Gasteiger partial charge in [-0.2, -0.15) is 0 Å². The van der Waals surface area contributed by atoms with Crippen LogP contribution in [-0.4, -0.2) is 32.4 Å². The summed E-state index contributed by atoms with van der Waals surface area (Å²) in [5.41, 5.74) is 1.95. The summed E-state index contributed by atoms with van der Waals surface area (Å²) in [5.74, 6) is -0.316. The van der Waals surface area contributed by atoms with Crippen LogP contribution >= 0.6 is 0 Å². The number of hydrogen-bond acceptors (Lipinski definition) is 4. The number of aryl methyl sites for hydroxylation is 1. The van der Waals surface area contributed by atoms with E-state index in [1.165, 1.54) is 12.3 Å². The summed E-state index contributed by atoms with van der Waals surface area (Å²) < 4.78 is 0. The Morgan fingerprint density at radius 3 is 2.95 bits per heavy atom. The first kappa shape index (κ1) is 13.5. The van der Waals surface area contributed by atoms with Gasteiger partial charge in [0.25, 0.3) is 5.91 Å². The number of hydrogen-bond donors (Lipinski definition) is 1. The van der Waals surface area contributed by atoms with Crippen LogP contribution in [0.5, 0.6) is 5.75 Å². The number of carbonyl (C=O) groups excluding carboxylic acids is 1. The summed E-state index contributed by atoms with van der Waals surface area (Å²) in [6.45, 7) is 2.60. The molecule has 3 rings (SSSR count). The minimum atomic E-state index is -0.237. The lowest BCUT2D eigenvalue weighted by atomic mass is 10.1. The van der Waals surface area contributed by atoms with Gasteiger partial charge in [-0.05, 0) is 44.0 Å². The Morgan fingerprint density at radius 2 is 2.19 bits per heavy atom. The maximum atomic E-state index is 12.6. The van der Waals surface area contributed by atoms with Crippen molar-refractivity contribution in [1.29, 1.82) is 0 Å². The molecule has 5 heteroatoms. The van der Waals surface area contributed by atoms with Crippen molar-refractivity contribution in [3.63, 3.8) is 0 Å². The van der Waals surface area contributed by atoms with Gasteiger partial charge in [0, 0.05) is 18.4 Å². The van der Waals surface area contributed by atoms with Crippen LogP contribution in [0.15, 0.2) is 36.5 Å². The third-order valence-electron chi connectivity index (χ3n) is 3.75. The minimum absolute atomic E-state index is 0.0428. The molecule has 2 aromatic heterocycles. The summed E-state index contributed by atoms with van der Waals surface area (Å²) in [6.07, 6.45) is 3.33. The molecule has 1 amide bonds. The molecule has 1 N–H and O–H groups in total. The van der Waals surface area contributed by atoms with E-state index in [9.17, 15) is 9.90 Å². The average Bonchev–Trinajstić information content (AvgIpc) is 2.96. The standard InChI is InChI=1S/C16H17N3O2/c1-11-5-2-6-12(18-11)13-7-4-10-19(13)16(21)15-14(20)8-3-9-17-15/h2-3,5-6,8-9,13,20H,4,7,10H2,1H3/t13-/m0/s1. The Hall–Kier alpha value is -2.43. The highest BCUT2D eigenvalue weighted by atomic mass is 16.3. The molecule has 0 spiro atoms. The van der Waals surface area contributed by atoms with E-state index in [4.69, 9.17) is 0 Å². The van der Waals surface area contributed by atoms with Gasteiger partial charge in [0.05, 0.1) is 11.7 Å². The first-order valence-corrected chi connectivity index (χ1v) is 7.05. The number of aromatic nitrogens is 2. The van der Waals surface area contributed by atoms with Crippen LogP contribution in [0.25, 0.3) is 0 Å². The number of nitrogens with zero attached hydrogens (tertiary/aromatic N) is 3. The van der Waals surface area contributed by atoms with Crippen molar-refractivity contribution in [1.82, 2.24) is 14.9 Å². The molecule has 2 aromatic rings. The van der Waals surface area contributed by atoms with Crippen LogP contribution in [-0.2, 0) is 0 Å². The van der Waals surface area contributed by atoms with Crippen molar-refractivity contribution in [3.05, 3.63) is 53.6 Å². The van der Waals surface area contributed by atoms with Gasteiger partial charge in [-0.15, -0.1) is 0 Å². The third kappa shape index (κ3) is 2.59. The number of amides is 1. The first-order chi connectivity index (χ1) is 10.2. The molecular weight excluding hydrogens is 266 g/mol. The average molecular weight is 283 g/mol. The topological polar surface area (TPSA) is 66.3 Å². The van der Waals surface area contributed by atoms with Crippen LogP contribution in [0.2, 0.25) is 0 Å². The summed E-state index contributed by atoms with van der Waals surface area (Å²) in [6, 6.07) is 8.89. The van der Waals surface area contributed by atoms with Crippen molar-refractivity contribution in [3.8, 4) is 5.75 Å². The fraction of sp³-hybridized carbons (Fsp3) is 0.312. The predicted molar refractivity (Wildman–Crippen MR) is 77.9 cm³/mol. The van der Waals surface area contributed by atoms with Gasteiger partial charge < -0.3 is 10.0 Å². The number of likely N-dealkylation sites (tertiary alicyclic amines) is 1. The van der Waals surface area contributed by atoms with E-state index in [2.05, 4.69) is 9.97 Å². The zero-order chi connectivity index (χ0) is 14.8. The Bertz CT molecular complexity index is 672. The molecular formula is C16H17N3O2. The van der Waals surface area contributed by atoms with Gasteiger partial charge in [0.15, 0.2) is 5.69 Å². The van der Waals surface area contributed by atoms with E-state index in [-0.39, 0.29) is 23.4 Å². The molecule has 1 saturated heterocycles. The molecule has 0 radical (unpaired) electrons. The Labute approximate surface area is 123 Å². The molecule has 0 aromatic carbocycles. The summed E-state index contributed by atoms with van der Waals surface area (Å²) in [4.78, 5) is 22.9. The van der Waals surface area contributed by atoms with E-state index < -0.39 is 0 Å². The largest absolute Gasteiger partial charge is 0.505 e. The maximum Gasteiger partial charge on any atom is 0.276 e. The highest BCUT2D eigenvalue weighted by Crippen LogP contribution is 2.32. The molecule has 0 aliphatic carbocycles. The van der Waals surface area contributed by atoms with Gasteiger partial charge in [-0.25, -0.2) is 4.98 Å². The summed E-state index contributed by atoms with van der Waals surface area (Å²) >= 11 is 0. The third-order valence-corrected chi connectivity index (χ3v) is 3.75. The predicted octanol–water partition coefficient (Wildman–Crippen LogP) is 2.47. The van der Waals surface area contributed by atoms with Crippen LogP contribution in [0.3, 0.4) is 0 Å². The molecule has 1 aliphatic rings. The summed E-state index contributed by atoms with van der Waals surface area (Å²) in [5, 5.41) is 9.82. The maximum absolute atomic E-state index is 12.6. The fourth-order valence-electron chi connectivity index (χ4n) is 2.76. The molecule has 0 bridgehead atoms. The van der Waals surface area contributed by atoms with Crippen LogP contribution < -0.4 is 0 Å². The number of carbonyl (C=O) groups is 1. The molecule has 0 unspecified atom stereocenters. The Balaban J connectivity index is 1.91. The van der Waals surface area contributed by atoms with Gasteiger partial charge in [0.2, 0.25) is 0 Å². The van der Waals surface area contributed by atoms with Gasteiger partial charge in [0.1, 0.15) is 5.75 Å². The lowest BCUT2D eigenvalue weighted by Gasteiger charge is -2.24. The second kappa shape index (κ2) is 5.52. The number of aromatic hydroxyl groups is 1. The number of rotatable bonds is 2. The molecule has 0 saturated carbocycles. The van der Waals surface area contributed by atoms with Crippen molar-refractivity contribution in [2.45, 2.75) is 25.8 Å². The van der Waals surface area contributed by atoms with Gasteiger partial charge in [-0.3, -0.25) is 9.78 Å². The molecule has 1 atom stereocenters. The second-order valence-electron chi connectivity index (χ2n) is 5.23. The van der Waals surface area contributed by atoms with E-state index in [1.54, 1.807) is 11.0 Å². The fourth-order valence-corrected chi connectivity index (χ4v) is 2.76. The molecule has 21 heavy (non-hydrogen) atoms. The highest BCUT2D eigenvalue weighted by Gasteiger charge is 2.33. The van der Waals surface area contributed by atoms with E-state index in [1.807, 2.05) is 25.1 Å². The van der Waals surface area contributed by atoms with Crippen LogP contribution in [0, 0.1) is 6.92 Å². The normalized spacial score (nSPS) is 18.0. The first-order valence-electron chi connectivity index (χ1n) is 7.05. The Morgan fingerprint density at radius 1 is 1.33 bits per heavy atom. The lowest BCUT2D eigenvalue weighted by molar-refractivity contribution is 0.0723. The van der Waals surface area contributed by atoms with Gasteiger partial charge >= 0.3 is 0 Å². The smallest absolute Gasteiger partial charge is 0.276 e. The van der Waals surface area contributed by atoms with Crippen molar-refractivity contribution in [2.75, 3.05) is 6.54 Å². The number of pyridine rings is 2. The van der Waals surface area contributed by atoms with Crippen molar-refractivity contribution < 1.29 is 9.90 Å². The molecule has 5 nitrogen and oxygen atoms in total. The Kier molecular flexibility index (Phi) is 3.56. The van der Waals surface area contributed by atoms with Crippen molar-refractivity contribution in [2.24, 2.45) is 0 Å². The lowest BCUT2D eigenvalue weighted by Crippen LogP contribution is -2.31. The quantitative estimate of drug-likeness (QED) is 0.919. The van der Waals surface area contributed by atoms with E-state index >= 15 is 0 Å². The minimum Gasteiger partial charge on any atom is -0.505 e. The molecule has 1 fully saturated rings. The summed E-state index contributed by atoms with van der Waals surface area (Å²) in [7, 11) is 0. The second-order valence-corrected chi connectivity index (χ2v) is 5.23.